The molecule has 0 unspecified atom stereocenters. The van der Waals surface area contributed by atoms with Crippen LogP contribution in [0.2, 0.25) is 0 Å². The topological polar surface area (TPSA) is 152 Å². The fraction of sp³-hybridized carbons (Fsp3) is 0.216. The van der Waals surface area contributed by atoms with E-state index in [1.54, 1.807) is 0 Å². The lowest BCUT2D eigenvalue weighted by Gasteiger charge is -2.18. The number of fused-ring (bicyclic) bond motifs is 8. The Balaban J connectivity index is 1.20. The molecule has 7 aromatic rings. The molecular formula is C37H32N2O10S2. The summed E-state index contributed by atoms with van der Waals surface area (Å²) >= 11 is 0.935. The van der Waals surface area contributed by atoms with Crippen molar-refractivity contribution in [1.82, 2.24) is 0 Å². The molecule has 4 heterocycles. The number of anilines is 1. The summed E-state index contributed by atoms with van der Waals surface area (Å²) in [6.07, 6.45) is 5.31. The van der Waals surface area contributed by atoms with Crippen LogP contribution < -0.4 is 19.5 Å². The molecular weight excluding hydrogens is 697 g/mol. The molecule has 1 N–H and O–H groups in total. The van der Waals surface area contributed by atoms with Gasteiger partial charge < -0.3 is 28.1 Å². The first-order valence-corrected chi connectivity index (χ1v) is 19.0. The maximum atomic E-state index is 11.6. The first kappa shape index (κ1) is 33.3. The van der Waals surface area contributed by atoms with Crippen molar-refractivity contribution in [2.75, 3.05) is 23.0 Å². The smallest absolute Gasteiger partial charge is 0.374 e. The summed E-state index contributed by atoms with van der Waals surface area (Å²) in [5.74, 6) is 1.80. The molecule has 12 nitrogen and oxygen atoms in total. The third kappa shape index (κ3) is 6.57. The number of hydrogen-bond acceptors (Lipinski definition) is 11. The zero-order valence-corrected chi connectivity index (χ0v) is 29.0. The molecule has 0 saturated carbocycles. The van der Waals surface area contributed by atoms with E-state index in [-0.39, 0.29) is 18.7 Å². The molecule has 0 saturated heterocycles. The minimum Gasteiger partial charge on any atom is -0.691 e. The molecule has 14 heteroatoms. The van der Waals surface area contributed by atoms with Crippen LogP contribution in [0.15, 0.2) is 104 Å². The van der Waals surface area contributed by atoms with Crippen LogP contribution in [0.5, 0.6) is 5.75 Å². The van der Waals surface area contributed by atoms with Gasteiger partial charge in [-0.3, -0.25) is 9.59 Å². The van der Waals surface area contributed by atoms with Crippen LogP contribution in [0.3, 0.4) is 0 Å². The van der Waals surface area contributed by atoms with E-state index in [9.17, 15) is 18.2 Å². The molecule has 0 bridgehead atoms. The Morgan fingerprint density at radius 1 is 0.902 bits per heavy atom. The van der Waals surface area contributed by atoms with E-state index in [0.717, 1.165) is 61.5 Å². The van der Waals surface area contributed by atoms with E-state index in [1.165, 1.54) is 0 Å². The number of rotatable bonds is 13. The van der Waals surface area contributed by atoms with E-state index in [4.69, 9.17) is 18.0 Å². The van der Waals surface area contributed by atoms with Gasteiger partial charge in [-0.2, -0.15) is 17.3 Å². The van der Waals surface area contributed by atoms with Crippen LogP contribution in [-0.4, -0.2) is 31.0 Å². The number of nitrogens with zero attached hydrogens (tertiary/aromatic N) is 2. The lowest BCUT2D eigenvalue weighted by atomic mass is 10.1. The summed E-state index contributed by atoms with van der Waals surface area (Å²) in [6, 6.07) is 23.5. The second-order valence-electron chi connectivity index (χ2n) is 12.2. The highest BCUT2D eigenvalue weighted by Gasteiger charge is 2.29. The summed E-state index contributed by atoms with van der Waals surface area (Å²) in [5, 5.41) is 17.6. The molecule has 4 aromatic carbocycles. The Morgan fingerprint density at radius 3 is 2.31 bits per heavy atom. The Kier molecular flexibility index (Phi) is 8.96. The largest absolute Gasteiger partial charge is 0.691 e. The highest BCUT2D eigenvalue weighted by atomic mass is 32.2. The maximum Gasteiger partial charge on any atom is 0.374 e. The number of oxazole rings is 1. The van der Waals surface area contributed by atoms with E-state index in [1.807, 2.05) is 90.7 Å². The normalized spacial score (nSPS) is 14.6. The molecule has 0 atom stereocenters. The predicted molar refractivity (Wildman–Crippen MR) is 192 cm³/mol. The highest BCUT2D eigenvalue weighted by Crippen LogP contribution is 2.44. The van der Waals surface area contributed by atoms with Crippen LogP contribution in [-0.2, 0) is 26.0 Å². The molecule has 0 radical (unpaired) electrons. The van der Waals surface area contributed by atoms with Crippen LogP contribution in [0.4, 0.5) is 5.69 Å². The lowest BCUT2D eigenvalue weighted by molar-refractivity contribution is -0.777. The van der Waals surface area contributed by atoms with Crippen molar-refractivity contribution in [2.45, 2.75) is 32.7 Å². The van der Waals surface area contributed by atoms with Crippen molar-refractivity contribution >= 4 is 88.9 Å². The Morgan fingerprint density at radius 2 is 1.61 bits per heavy atom. The Hall–Kier alpha value is -4.83. The molecule has 8 rings (SSSR count). The number of furan rings is 2. The quantitative estimate of drug-likeness (QED) is 0.0311. The first-order chi connectivity index (χ1) is 24.8. The predicted octanol–water partition coefficient (Wildman–Crippen LogP) is 7.59. The number of benzene rings is 4. The van der Waals surface area contributed by atoms with Crippen molar-refractivity contribution < 1.29 is 50.2 Å². The number of aryl methyl sites for hydroxylation is 1. The fourth-order valence-corrected chi connectivity index (χ4v) is 7.47. The van der Waals surface area contributed by atoms with Crippen molar-refractivity contribution in [3.8, 4) is 5.75 Å². The second kappa shape index (κ2) is 13.7. The van der Waals surface area contributed by atoms with Crippen LogP contribution in [0.1, 0.15) is 32.1 Å². The highest BCUT2D eigenvalue weighted by molar-refractivity contribution is 7.94. The van der Waals surface area contributed by atoms with E-state index in [0.29, 0.717) is 59.4 Å². The SMILES string of the molecule is CCC(/C=C1\Oc2cc3oc4ccccc4c3cc2N1CCCS(=O)(=O)O)=C\c1oc2cc3oc4ccccc4c3cc2[n+]1CCCSOO[O-]. The third-order valence-corrected chi connectivity index (χ3v) is 10.4. The maximum absolute atomic E-state index is 11.6. The number of ether oxygens (including phenoxy) is 1. The first-order valence-electron chi connectivity index (χ1n) is 16.4. The van der Waals surface area contributed by atoms with Gasteiger partial charge in [-0.25, -0.2) is 0 Å². The van der Waals surface area contributed by atoms with Gasteiger partial charge in [0.05, 0.1) is 17.5 Å². The van der Waals surface area contributed by atoms with Gasteiger partial charge in [0.2, 0.25) is 11.5 Å². The number of allylic oxidation sites excluding steroid dienone is 2. The van der Waals surface area contributed by atoms with Gasteiger partial charge in [0.25, 0.3) is 15.6 Å². The van der Waals surface area contributed by atoms with Crippen molar-refractivity contribution in [2.24, 2.45) is 0 Å². The minimum atomic E-state index is -4.15. The monoisotopic (exact) mass is 728 g/mol. The summed E-state index contributed by atoms with van der Waals surface area (Å²) in [6.45, 7) is 2.86. The summed E-state index contributed by atoms with van der Waals surface area (Å²) in [5.41, 5.74) is 6.10. The van der Waals surface area contributed by atoms with Gasteiger partial charge in [0, 0.05) is 76.6 Å². The lowest BCUT2D eigenvalue weighted by Crippen LogP contribution is -2.35. The molecule has 0 amide bonds. The Labute approximate surface area is 295 Å². The number of para-hydroxylation sites is 2. The minimum absolute atomic E-state index is 0.173. The number of aromatic nitrogens is 1. The zero-order chi connectivity index (χ0) is 35.1. The van der Waals surface area contributed by atoms with Crippen molar-refractivity contribution in [3.63, 3.8) is 0 Å². The summed E-state index contributed by atoms with van der Waals surface area (Å²) in [4.78, 5) is 1.92. The van der Waals surface area contributed by atoms with Crippen LogP contribution in [0.25, 0.3) is 61.1 Å². The number of hydrogen-bond donors (Lipinski definition) is 1. The van der Waals surface area contributed by atoms with E-state index < -0.39 is 10.1 Å². The molecule has 3 aromatic heterocycles. The molecule has 0 fully saturated rings. The van der Waals surface area contributed by atoms with E-state index >= 15 is 0 Å². The van der Waals surface area contributed by atoms with Crippen LogP contribution in [0, 0.1) is 0 Å². The Bertz CT molecular complexity index is 2600. The van der Waals surface area contributed by atoms with Gasteiger partial charge in [-0.15, -0.1) is 0 Å². The molecule has 0 spiro atoms. The summed E-state index contributed by atoms with van der Waals surface area (Å²) in [7, 11) is -4.15. The van der Waals surface area contributed by atoms with Gasteiger partial charge in [0.15, 0.2) is 12.3 Å². The third-order valence-electron chi connectivity index (χ3n) is 8.95. The molecule has 1 aliphatic heterocycles. The summed E-state index contributed by atoms with van der Waals surface area (Å²) < 4.78 is 64.4. The zero-order valence-electron chi connectivity index (χ0n) is 27.4. The molecule has 0 aliphatic carbocycles. The standard InChI is InChI=1S/C37H32N2O10S2/c1-2-23(17-36-38(13-7-15-50-49-48-40)28-19-26-24-9-3-5-11-30(24)44-32(26)21-34(28)46-36)18-37-39(14-8-16-51(41,42)43)29-20-27-25-10-4-6-12-31(25)45-33(27)22-35(29)47-37/h3-6,9-12,17-22H,2,7-8,13-16H2,1H3,(H-,40,41,42,43). The second-order valence-corrected chi connectivity index (χ2v) is 14.5. The average molecular weight is 729 g/mol. The van der Waals surface area contributed by atoms with Gasteiger partial charge in [-0.1, -0.05) is 43.3 Å². The molecule has 51 heavy (non-hydrogen) atoms. The van der Waals surface area contributed by atoms with Crippen molar-refractivity contribution in [1.29, 1.82) is 0 Å². The van der Waals surface area contributed by atoms with Gasteiger partial charge >= 0.3 is 5.89 Å². The van der Waals surface area contributed by atoms with Gasteiger partial charge in [0.1, 0.15) is 22.3 Å². The molecule has 262 valence electrons. The van der Waals surface area contributed by atoms with Crippen molar-refractivity contribution in [3.05, 3.63) is 96.2 Å². The average Bonchev–Trinajstić information content (AvgIpc) is 3.85. The van der Waals surface area contributed by atoms with E-state index in [2.05, 4.69) is 20.0 Å². The molecule has 1 aliphatic rings. The fourth-order valence-electron chi connectivity index (χ4n) is 6.62. The van der Waals surface area contributed by atoms with Crippen LogP contribution >= 0.6 is 12.0 Å². The van der Waals surface area contributed by atoms with Gasteiger partial charge in [-0.05, 0) is 36.6 Å².